The van der Waals surface area contributed by atoms with Gasteiger partial charge in [0.1, 0.15) is 16.4 Å². The van der Waals surface area contributed by atoms with E-state index < -0.39 is 0 Å². The van der Waals surface area contributed by atoms with Crippen molar-refractivity contribution in [3.05, 3.63) is 40.2 Å². The summed E-state index contributed by atoms with van der Waals surface area (Å²) in [6.45, 7) is 6.52. The maximum atomic E-state index is 13.0. The number of aryl methyl sites for hydroxylation is 1. The van der Waals surface area contributed by atoms with Crippen LogP contribution in [0.2, 0.25) is 0 Å². The molecule has 0 aliphatic carbocycles. The van der Waals surface area contributed by atoms with Crippen molar-refractivity contribution in [1.29, 1.82) is 0 Å². The van der Waals surface area contributed by atoms with E-state index in [1.807, 2.05) is 18.7 Å². The Kier molecular flexibility index (Phi) is 5.41. The maximum absolute atomic E-state index is 13.0. The van der Waals surface area contributed by atoms with Crippen molar-refractivity contribution in [2.24, 2.45) is 0 Å². The van der Waals surface area contributed by atoms with Gasteiger partial charge in [0.15, 0.2) is 11.5 Å². The molecular weight excluding hydrogens is 438 g/mol. The number of fused-ring (bicyclic) bond motifs is 3. The van der Waals surface area contributed by atoms with E-state index in [1.165, 1.54) is 22.5 Å². The third kappa shape index (κ3) is 3.68. The largest absolute Gasteiger partial charge is 0.495 e. The van der Waals surface area contributed by atoms with Crippen LogP contribution in [0.4, 0.5) is 28.1 Å². The van der Waals surface area contributed by atoms with Gasteiger partial charge in [-0.05, 0) is 50.6 Å². The Bertz CT molecular complexity index is 1240. The number of anilines is 5. The summed E-state index contributed by atoms with van der Waals surface area (Å²) in [4.78, 5) is 32.8. The van der Waals surface area contributed by atoms with Gasteiger partial charge in [0.25, 0.3) is 5.91 Å². The lowest BCUT2D eigenvalue weighted by atomic mass is 9.99. The Labute approximate surface area is 197 Å². The summed E-state index contributed by atoms with van der Waals surface area (Å²) in [6.07, 6.45) is 2.69. The fourth-order valence-corrected chi connectivity index (χ4v) is 5.35. The molecule has 3 aromatic rings. The molecule has 0 spiro atoms. The molecule has 172 valence electrons. The zero-order valence-electron chi connectivity index (χ0n) is 19.5. The first kappa shape index (κ1) is 21.6. The molecule has 0 atom stereocenters. The van der Waals surface area contributed by atoms with Crippen LogP contribution in [0.25, 0.3) is 0 Å². The van der Waals surface area contributed by atoms with Gasteiger partial charge in [-0.25, -0.2) is 9.97 Å². The van der Waals surface area contributed by atoms with E-state index in [4.69, 9.17) is 9.72 Å². The molecule has 2 aromatic heterocycles. The summed E-state index contributed by atoms with van der Waals surface area (Å²) in [5, 5.41) is 5.01. The molecule has 2 aliphatic heterocycles. The molecule has 2 aliphatic rings. The fourth-order valence-electron chi connectivity index (χ4n) is 4.37. The molecule has 1 amide bonds. The number of carbonyl (C=O) groups is 1. The Hall–Kier alpha value is -3.24. The van der Waals surface area contributed by atoms with Crippen molar-refractivity contribution in [3.8, 4) is 5.75 Å². The van der Waals surface area contributed by atoms with E-state index in [2.05, 4.69) is 39.4 Å². The summed E-state index contributed by atoms with van der Waals surface area (Å²) in [6, 6.07) is 4.22. The minimum Gasteiger partial charge on any atom is -0.495 e. The molecule has 0 saturated heterocycles. The first-order valence-corrected chi connectivity index (χ1v) is 11.8. The van der Waals surface area contributed by atoms with Crippen LogP contribution >= 0.6 is 11.3 Å². The molecule has 10 heteroatoms. The van der Waals surface area contributed by atoms with Crippen molar-refractivity contribution >= 4 is 45.4 Å². The molecule has 0 fully saturated rings. The van der Waals surface area contributed by atoms with Gasteiger partial charge in [0, 0.05) is 26.7 Å². The zero-order valence-corrected chi connectivity index (χ0v) is 20.3. The molecule has 9 nitrogen and oxygen atoms in total. The van der Waals surface area contributed by atoms with Crippen LogP contribution < -0.4 is 19.9 Å². The van der Waals surface area contributed by atoms with Gasteiger partial charge >= 0.3 is 0 Å². The van der Waals surface area contributed by atoms with Gasteiger partial charge < -0.3 is 24.8 Å². The maximum Gasteiger partial charge on any atom is 0.279 e. The minimum absolute atomic E-state index is 0.156. The smallest absolute Gasteiger partial charge is 0.279 e. The van der Waals surface area contributed by atoms with Crippen LogP contribution in [-0.4, -0.2) is 60.1 Å². The highest BCUT2D eigenvalue weighted by Gasteiger charge is 2.33. The number of hydrogen-bond acceptors (Lipinski definition) is 9. The quantitative estimate of drug-likeness (QED) is 0.624. The lowest BCUT2D eigenvalue weighted by Gasteiger charge is -2.26. The number of hydrogen-bond donors (Lipinski definition) is 1. The average Bonchev–Trinajstić information content (AvgIpc) is 3.16. The predicted molar refractivity (Wildman–Crippen MR) is 131 cm³/mol. The van der Waals surface area contributed by atoms with E-state index in [1.54, 1.807) is 25.3 Å². The number of aromatic nitrogens is 3. The van der Waals surface area contributed by atoms with Crippen LogP contribution in [0.15, 0.2) is 18.3 Å². The molecule has 0 bridgehead atoms. The molecule has 1 aromatic carbocycles. The van der Waals surface area contributed by atoms with Crippen molar-refractivity contribution in [2.75, 3.05) is 49.4 Å². The summed E-state index contributed by atoms with van der Waals surface area (Å²) < 4.78 is 5.66. The van der Waals surface area contributed by atoms with Gasteiger partial charge in [-0.1, -0.05) is 0 Å². The molecule has 0 unspecified atom stereocenters. The number of thiazole rings is 1. The standard InChI is InChI=1S/C23H27N7O2S/c1-6-30-20-17(29(4)21(31)19-22(30)33-13(2)25-19)11-24-23(27-20)26-16-9-15-12-28(3)8-7-14(15)10-18(16)32-5/h9-11H,6-8,12H2,1-5H3,(H,24,26,27). The van der Waals surface area contributed by atoms with E-state index in [-0.39, 0.29) is 5.91 Å². The van der Waals surface area contributed by atoms with E-state index >= 15 is 0 Å². The zero-order chi connectivity index (χ0) is 23.3. The first-order valence-electron chi connectivity index (χ1n) is 10.9. The van der Waals surface area contributed by atoms with Crippen molar-refractivity contribution in [3.63, 3.8) is 0 Å². The highest BCUT2D eigenvalue weighted by Crippen LogP contribution is 2.42. The van der Waals surface area contributed by atoms with Gasteiger partial charge in [-0.2, -0.15) is 4.98 Å². The number of amides is 1. The second kappa shape index (κ2) is 8.27. The SMILES string of the molecule is CCN1c2nc(Nc3cc4c(cc3OC)CCN(C)C4)ncc2N(C)C(=O)c2nc(C)sc21. The average molecular weight is 466 g/mol. The minimum atomic E-state index is -0.156. The van der Waals surface area contributed by atoms with E-state index in [0.717, 1.165) is 41.0 Å². The Balaban J connectivity index is 1.56. The normalized spacial score (nSPS) is 15.6. The van der Waals surface area contributed by atoms with E-state index in [9.17, 15) is 4.79 Å². The third-order valence-electron chi connectivity index (χ3n) is 6.12. The monoisotopic (exact) mass is 465 g/mol. The number of nitrogens with zero attached hydrogens (tertiary/aromatic N) is 6. The number of ether oxygens (including phenoxy) is 1. The van der Waals surface area contributed by atoms with Crippen molar-refractivity contribution < 1.29 is 9.53 Å². The predicted octanol–water partition coefficient (Wildman–Crippen LogP) is 3.73. The molecule has 4 heterocycles. The van der Waals surface area contributed by atoms with Crippen molar-refractivity contribution in [1.82, 2.24) is 19.9 Å². The Morgan fingerprint density at radius 3 is 2.79 bits per heavy atom. The van der Waals surface area contributed by atoms with Crippen LogP contribution in [-0.2, 0) is 13.0 Å². The van der Waals surface area contributed by atoms with E-state index in [0.29, 0.717) is 29.7 Å². The highest BCUT2D eigenvalue weighted by molar-refractivity contribution is 7.16. The summed E-state index contributed by atoms with van der Waals surface area (Å²) in [5.41, 5.74) is 4.50. The van der Waals surface area contributed by atoms with Gasteiger partial charge in [-0.3, -0.25) is 4.79 Å². The number of benzene rings is 1. The van der Waals surface area contributed by atoms with Crippen molar-refractivity contribution in [2.45, 2.75) is 26.8 Å². The molecule has 5 rings (SSSR count). The van der Waals surface area contributed by atoms with Gasteiger partial charge in [0.2, 0.25) is 5.95 Å². The number of nitrogens with one attached hydrogen (secondary N) is 1. The number of methoxy groups -OCH3 is 1. The second-order valence-corrected chi connectivity index (χ2v) is 9.51. The number of rotatable bonds is 4. The number of likely N-dealkylation sites (N-methyl/N-ethyl adjacent to an activating group) is 1. The van der Waals surface area contributed by atoms with Gasteiger partial charge in [-0.15, -0.1) is 11.3 Å². The molecule has 33 heavy (non-hydrogen) atoms. The third-order valence-corrected chi connectivity index (χ3v) is 7.12. The second-order valence-electron chi connectivity index (χ2n) is 8.33. The lowest BCUT2D eigenvalue weighted by Crippen LogP contribution is -2.26. The Morgan fingerprint density at radius 1 is 1.21 bits per heavy atom. The molecule has 0 radical (unpaired) electrons. The topological polar surface area (TPSA) is 86.7 Å². The van der Waals surface area contributed by atoms with Crippen LogP contribution in [0.5, 0.6) is 5.75 Å². The summed E-state index contributed by atoms with van der Waals surface area (Å²) >= 11 is 1.50. The molecule has 1 N–H and O–H groups in total. The fraction of sp³-hybridized carbons (Fsp3) is 0.391. The summed E-state index contributed by atoms with van der Waals surface area (Å²) in [7, 11) is 5.54. The summed E-state index contributed by atoms with van der Waals surface area (Å²) in [5.74, 6) is 1.72. The Morgan fingerprint density at radius 2 is 2.03 bits per heavy atom. The van der Waals surface area contributed by atoms with Crippen LogP contribution in [0.1, 0.15) is 33.5 Å². The van der Waals surface area contributed by atoms with Crippen LogP contribution in [0.3, 0.4) is 0 Å². The first-order chi connectivity index (χ1) is 15.9. The highest BCUT2D eigenvalue weighted by atomic mass is 32.1. The number of carbonyl (C=O) groups excluding carboxylic acids is 1. The molecule has 0 saturated carbocycles. The van der Waals surface area contributed by atoms with Gasteiger partial charge in [0.05, 0.1) is 24.0 Å². The lowest BCUT2D eigenvalue weighted by molar-refractivity contribution is 0.0990. The van der Waals surface area contributed by atoms with Crippen LogP contribution in [0, 0.1) is 6.92 Å². The molecular formula is C23H27N7O2S.